The van der Waals surface area contributed by atoms with Crippen LogP contribution in [0.25, 0.3) is 0 Å². The van der Waals surface area contributed by atoms with Gasteiger partial charge in [-0.25, -0.2) is 9.97 Å². The van der Waals surface area contributed by atoms with Crippen molar-refractivity contribution < 1.29 is 4.79 Å². The minimum absolute atomic E-state index is 0.0311. The molecular weight excluding hydrogens is 276 g/mol. The molecule has 3 rings (SSSR count). The Labute approximate surface area is 130 Å². The van der Waals surface area contributed by atoms with E-state index >= 15 is 0 Å². The van der Waals surface area contributed by atoms with Crippen LogP contribution in [0.15, 0.2) is 36.7 Å². The van der Waals surface area contributed by atoms with Crippen molar-refractivity contribution >= 4 is 11.7 Å². The summed E-state index contributed by atoms with van der Waals surface area (Å²) in [6.07, 6.45) is 3.35. The Morgan fingerprint density at radius 3 is 2.91 bits per heavy atom. The normalized spacial score (nSPS) is 13.6. The third kappa shape index (κ3) is 3.08. The van der Waals surface area contributed by atoms with Gasteiger partial charge in [-0.05, 0) is 24.0 Å². The van der Waals surface area contributed by atoms with E-state index in [2.05, 4.69) is 34.3 Å². The number of anilines is 1. The largest absolute Gasteiger partial charge is 0.370 e. The highest BCUT2D eigenvalue weighted by atomic mass is 16.2. The fourth-order valence-corrected chi connectivity index (χ4v) is 2.66. The van der Waals surface area contributed by atoms with Crippen LogP contribution in [0, 0.1) is 0 Å². The molecule has 5 nitrogen and oxygen atoms in total. The average Bonchev–Trinajstić information content (AvgIpc) is 2.59. The standard InChI is InChI=1S/C17H20N4O/c1-2-8-18-16-10-15(19-12-20-16)17(22)21-9-7-13-5-3-4-6-14(13)11-21/h3-6,10,12H,2,7-9,11H2,1H3,(H,18,19,20). The summed E-state index contributed by atoms with van der Waals surface area (Å²) in [7, 11) is 0. The lowest BCUT2D eigenvalue weighted by Crippen LogP contribution is -2.36. The van der Waals surface area contributed by atoms with Crippen molar-refractivity contribution in [2.75, 3.05) is 18.4 Å². The molecule has 1 amide bonds. The molecule has 0 unspecified atom stereocenters. The Bertz CT molecular complexity index is 671. The quantitative estimate of drug-likeness (QED) is 0.942. The molecule has 0 fully saturated rings. The smallest absolute Gasteiger partial charge is 0.272 e. The summed E-state index contributed by atoms with van der Waals surface area (Å²) >= 11 is 0. The maximum atomic E-state index is 12.6. The topological polar surface area (TPSA) is 58.1 Å². The van der Waals surface area contributed by atoms with Crippen molar-refractivity contribution in [2.45, 2.75) is 26.3 Å². The Balaban J connectivity index is 1.75. The van der Waals surface area contributed by atoms with E-state index in [0.717, 1.165) is 25.9 Å². The fourth-order valence-electron chi connectivity index (χ4n) is 2.66. The first-order valence-corrected chi connectivity index (χ1v) is 7.70. The van der Waals surface area contributed by atoms with Crippen LogP contribution >= 0.6 is 0 Å². The molecule has 0 saturated carbocycles. The minimum atomic E-state index is -0.0311. The van der Waals surface area contributed by atoms with Crippen LogP contribution in [0.1, 0.15) is 35.0 Å². The molecule has 2 heterocycles. The van der Waals surface area contributed by atoms with E-state index in [9.17, 15) is 4.79 Å². The van der Waals surface area contributed by atoms with Gasteiger partial charge in [0.2, 0.25) is 0 Å². The molecule has 114 valence electrons. The predicted octanol–water partition coefficient (Wildman–Crippen LogP) is 2.50. The molecule has 1 aliphatic rings. The predicted molar refractivity (Wildman–Crippen MR) is 85.7 cm³/mol. The average molecular weight is 296 g/mol. The first-order valence-electron chi connectivity index (χ1n) is 7.70. The molecule has 22 heavy (non-hydrogen) atoms. The summed E-state index contributed by atoms with van der Waals surface area (Å²) in [5.41, 5.74) is 3.01. The zero-order valence-electron chi connectivity index (χ0n) is 12.7. The van der Waals surface area contributed by atoms with Crippen LogP contribution in [-0.2, 0) is 13.0 Å². The van der Waals surface area contributed by atoms with E-state index < -0.39 is 0 Å². The minimum Gasteiger partial charge on any atom is -0.370 e. The Morgan fingerprint density at radius 1 is 1.27 bits per heavy atom. The number of nitrogens with one attached hydrogen (secondary N) is 1. The van der Waals surface area contributed by atoms with E-state index in [1.165, 1.54) is 17.5 Å². The summed E-state index contributed by atoms with van der Waals surface area (Å²) in [5, 5.41) is 3.19. The molecule has 0 saturated heterocycles. The molecule has 0 radical (unpaired) electrons. The molecule has 0 aliphatic carbocycles. The van der Waals surface area contributed by atoms with Gasteiger partial charge in [-0.2, -0.15) is 0 Å². The highest BCUT2D eigenvalue weighted by molar-refractivity contribution is 5.93. The van der Waals surface area contributed by atoms with Gasteiger partial charge in [-0.3, -0.25) is 4.79 Å². The van der Waals surface area contributed by atoms with Gasteiger partial charge in [0.15, 0.2) is 0 Å². The Hall–Kier alpha value is -2.43. The lowest BCUT2D eigenvalue weighted by molar-refractivity contribution is 0.0728. The summed E-state index contributed by atoms with van der Waals surface area (Å²) in [5.74, 6) is 0.675. The number of rotatable bonds is 4. The number of fused-ring (bicyclic) bond motifs is 1. The summed E-state index contributed by atoms with van der Waals surface area (Å²) in [6, 6.07) is 10.0. The third-order valence-corrected chi connectivity index (χ3v) is 3.86. The highest BCUT2D eigenvalue weighted by Gasteiger charge is 2.22. The first kappa shape index (κ1) is 14.5. The van der Waals surface area contributed by atoms with Crippen molar-refractivity contribution in [3.8, 4) is 0 Å². The molecule has 0 bridgehead atoms. The van der Waals surface area contributed by atoms with Gasteiger partial charge in [0.1, 0.15) is 17.8 Å². The fraction of sp³-hybridized carbons (Fsp3) is 0.353. The molecular formula is C17H20N4O. The van der Waals surface area contributed by atoms with Gasteiger partial charge < -0.3 is 10.2 Å². The number of carbonyl (C=O) groups is 1. The molecule has 1 aromatic carbocycles. The first-order chi connectivity index (χ1) is 10.8. The van der Waals surface area contributed by atoms with Crippen LogP contribution in [-0.4, -0.2) is 33.9 Å². The van der Waals surface area contributed by atoms with Crippen molar-refractivity contribution in [3.05, 3.63) is 53.5 Å². The zero-order chi connectivity index (χ0) is 15.4. The molecule has 2 aromatic rings. The lowest BCUT2D eigenvalue weighted by atomic mass is 10.00. The molecule has 1 aliphatic heterocycles. The van der Waals surface area contributed by atoms with E-state index in [1.807, 2.05) is 17.0 Å². The molecule has 1 N–H and O–H groups in total. The van der Waals surface area contributed by atoms with Gasteiger partial charge in [-0.1, -0.05) is 31.2 Å². The van der Waals surface area contributed by atoms with Crippen LogP contribution in [0.3, 0.4) is 0 Å². The highest BCUT2D eigenvalue weighted by Crippen LogP contribution is 2.20. The van der Waals surface area contributed by atoms with Crippen LogP contribution < -0.4 is 5.32 Å². The second-order valence-electron chi connectivity index (χ2n) is 5.46. The van der Waals surface area contributed by atoms with E-state index in [1.54, 1.807) is 6.07 Å². The van der Waals surface area contributed by atoms with Gasteiger partial charge in [0.05, 0.1) is 0 Å². The number of amides is 1. The van der Waals surface area contributed by atoms with Gasteiger partial charge in [0.25, 0.3) is 5.91 Å². The lowest BCUT2D eigenvalue weighted by Gasteiger charge is -2.28. The molecule has 0 spiro atoms. The molecule has 0 atom stereocenters. The second-order valence-corrected chi connectivity index (χ2v) is 5.46. The van der Waals surface area contributed by atoms with E-state index in [4.69, 9.17) is 0 Å². The summed E-state index contributed by atoms with van der Waals surface area (Å²) < 4.78 is 0. The number of nitrogens with zero attached hydrogens (tertiary/aromatic N) is 3. The monoisotopic (exact) mass is 296 g/mol. The number of carbonyl (C=O) groups excluding carboxylic acids is 1. The van der Waals surface area contributed by atoms with E-state index in [0.29, 0.717) is 18.1 Å². The van der Waals surface area contributed by atoms with Gasteiger partial charge >= 0.3 is 0 Å². The maximum absolute atomic E-state index is 12.6. The maximum Gasteiger partial charge on any atom is 0.272 e. The molecule has 1 aromatic heterocycles. The van der Waals surface area contributed by atoms with Crippen LogP contribution in [0.4, 0.5) is 5.82 Å². The van der Waals surface area contributed by atoms with Crippen molar-refractivity contribution in [3.63, 3.8) is 0 Å². The van der Waals surface area contributed by atoms with Crippen molar-refractivity contribution in [2.24, 2.45) is 0 Å². The number of aromatic nitrogens is 2. The third-order valence-electron chi connectivity index (χ3n) is 3.86. The SMILES string of the molecule is CCCNc1cc(C(=O)N2CCc3ccccc3C2)ncn1. The number of hydrogen-bond donors (Lipinski definition) is 1. The van der Waals surface area contributed by atoms with Crippen LogP contribution in [0.2, 0.25) is 0 Å². The zero-order valence-corrected chi connectivity index (χ0v) is 12.7. The van der Waals surface area contributed by atoms with Crippen molar-refractivity contribution in [1.82, 2.24) is 14.9 Å². The van der Waals surface area contributed by atoms with E-state index in [-0.39, 0.29) is 5.91 Å². The number of hydrogen-bond acceptors (Lipinski definition) is 4. The van der Waals surface area contributed by atoms with Gasteiger partial charge in [0, 0.05) is 25.7 Å². The Kier molecular flexibility index (Phi) is 4.32. The number of benzene rings is 1. The summed E-state index contributed by atoms with van der Waals surface area (Å²) in [6.45, 7) is 4.31. The summed E-state index contributed by atoms with van der Waals surface area (Å²) in [4.78, 5) is 22.8. The Morgan fingerprint density at radius 2 is 2.09 bits per heavy atom. The van der Waals surface area contributed by atoms with Gasteiger partial charge in [-0.15, -0.1) is 0 Å². The van der Waals surface area contributed by atoms with Crippen LogP contribution in [0.5, 0.6) is 0 Å². The second kappa shape index (κ2) is 6.56. The molecule has 5 heteroatoms. The van der Waals surface area contributed by atoms with Crippen molar-refractivity contribution in [1.29, 1.82) is 0 Å².